The molecule has 0 aromatic heterocycles. The van der Waals surface area contributed by atoms with Crippen molar-refractivity contribution < 1.29 is 9.59 Å². The van der Waals surface area contributed by atoms with Gasteiger partial charge >= 0.3 is 0 Å². The van der Waals surface area contributed by atoms with Gasteiger partial charge in [0.25, 0.3) is 0 Å². The van der Waals surface area contributed by atoms with Crippen LogP contribution in [-0.2, 0) is 16.1 Å². The van der Waals surface area contributed by atoms with Crippen molar-refractivity contribution in [3.8, 4) is 0 Å². The third kappa shape index (κ3) is 3.16. The minimum atomic E-state index is -0.461. The van der Waals surface area contributed by atoms with Crippen LogP contribution in [0, 0.1) is 5.41 Å². The molecular weight excluding hydrogens is 276 g/mol. The molecule has 1 unspecified atom stereocenters. The lowest BCUT2D eigenvalue weighted by molar-refractivity contribution is -0.150. The first-order chi connectivity index (χ1) is 10.7. The second-order valence-corrected chi connectivity index (χ2v) is 6.58. The third-order valence-corrected chi connectivity index (χ3v) is 4.97. The summed E-state index contributed by atoms with van der Waals surface area (Å²) in [6, 6.07) is 10.1. The van der Waals surface area contributed by atoms with Crippen molar-refractivity contribution >= 4 is 11.8 Å². The molecule has 1 spiro atoms. The first-order valence-electron chi connectivity index (χ1n) is 8.30. The van der Waals surface area contributed by atoms with E-state index in [1.807, 2.05) is 23.1 Å². The minimum absolute atomic E-state index is 0.0276. The molecule has 118 valence electrons. The van der Waals surface area contributed by atoms with Gasteiger partial charge in [-0.05, 0) is 24.8 Å². The average molecular weight is 300 g/mol. The number of amides is 2. The van der Waals surface area contributed by atoms with Crippen LogP contribution in [0.3, 0.4) is 0 Å². The lowest BCUT2D eigenvalue weighted by atomic mass is 9.72. The molecule has 3 rings (SSSR count). The van der Waals surface area contributed by atoms with Gasteiger partial charge in [-0.2, -0.15) is 0 Å². The van der Waals surface area contributed by atoms with Gasteiger partial charge in [0, 0.05) is 26.1 Å². The molecule has 4 heteroatoms. The van der Waals surface area contributed by atoms with E-state index in [0.717, 1.165) is 44.2 Å². The normalized spacial score (nSPS) is 26.5. The lowest BCUT2D eigenvalue weighted by Gasteiger charge is -2.41. The summed E-state index contributed by atoms with van der Waals surface area (Å²) in [7, 11) is 0. The largest absolute Gasteiger partial charge is 0.356 e. The van der Waals surface area contributed by atoms with Crippen LogP contribution in [0.1, 0.15) is 44.1 Å². The summed E-state index contributed by atoms with van der Waals surface area (Å²) in [6.45, 7) is 2.09. The Bertz CT molecular complexity index is 543. The molecule has 0 radical (unpaired) electrons. The predicted molar refractivity (Wildman–Crippen MR) is 85.0 cm³/mol. The maximum Gasteiger partial charge on any atom is 0.229 e. The summed E-state index contributed by atoms with van der Waals surface area (Å²) < 4.78 is 0. The molecule has 1 aromatic rings. The zero-order chi connectivity index (χ0) is 15.4. The Morgan fingerprint density at radius 1 is 1.05 bits per heavy atom. The van der Waals surface area contributed by atoms with Gasteiger partial charge in [0.05, 0.1) is 5.41 Å². The summed E-state index contributed by atoms with van der Waals surface area (Å²) in [5.74, 6) is 0.214. The molecule has 1 aromatic carbocycles. The molecule has 2 saturated heterocycles. The van der Waals surface area contributed by atoms with Gasteiger partial charge in [-0.3, -0.25) is 9.59 Å². The smallest absolute Gasteiger partial charge is 0.229 e. The molecule has 0 bridgehead atoms. The van der Waals surface area contributed by atoms with E-state index in [2.05, 4.69) is 17.4 Å². The fourth-order valence-corrected chi connectivity index (χ4v) is 3.74. The Labute approximate surface area is 131 Å². The minimum Gasteiger partial charge on any atom is -0.356 e. The van der Waals surface area contributed by atoms with Crippen molar-refractivity contribution in [1.29, 1.82) is 0 Å². The van der Waals surface area contributed by atoms with Crippen LogP contribution in [0.15, 0.2) is 30.3 Å². The number of hydrogen-bond donors (Lipinski definition) is 1. The molecule has 2 fully saturated rings. The van der Waals surface area contributed by atoms with Gasteiger partial charge in [-0.15, -0.1) is 0 Å². The van der Waals surface area contributed by atoms with Gasteiger partial charge in [-0.1, -0.05) is 43.2 Å². The molecule has 2 heterocycles. The molecule has 1 atom stereocenters. The Hall–Kier alpha value is -1.84. The topological polar surface area (TPSA) is 49.4 Å². The second-order valence-electron chi connectivity index (χ2n) is 6.58. The van der Waals surface area contributed by atoms with Crippen LogP contribution in [0.2, 0.25) is 0 Å². The number of benzene rings is 1. The highest BCUT2D eigenvalue weighted by Crippen LogP contribution is 2.38. The van der Waals surface area contributed by atoms with Gasteiger partial charge in [0.1, 0.15) is 0 Å². The van der Waals surface area contributed by atoms with E-state index < -0.39 is 5.41 Å². The summed E-state index contributed by atoms with van der Waals surface area (Å²) in [5.41, 5.74) is 0.698. The van der Waals surface area contributed by atoms with Crippen LogP contribution in [0.4, 0.5) is 0 Å². The highest BCUT2D eigenvalue weighted by Gasteiger charge is 2.44. The lowest BCUT2D eigenvalue weighted by Crippen LogP contribution is -2.51. The molecule has 1 N–H and O–H groups in total. The van der Waals surface area contributed by atoms with Gasteiger partial charge < -0.3 is 10.2 Å². The third-order valence-electron chi connectivity index (χ3n) is 4.97. The molecule has 2 aliphatic rings. The van der Waals surface area contributed by atoms with Crippen molar-refractivity contribution in [2.75, 3.05) is 13.1 Å². The first kappa shape index (κ1) is 15.1. The molecule has 0 saturated carbocycles. The maximum absolute atomic E-state index is 13.2. The molecule has 0 aliphatic carbocycles. The number of carbonyl (C=O) groups excluding carboxylic acids is 2. The standard InChI is InChI=1S/C18H24N2O2/c21-16-13-18(10-11-19-16)9-5-2-6-12-20(17(18)22)14-15-7-3-1-4-8-15/h1,3-4,7-8H,2,5-6,9-14H2,(H,19,21). The van der Waals surface area contributed by atoms with Crippen LogP contribution in [0.5, 0.6) is 0 Å². The van der Waals surface area contributed by atoms with E-state index in [1.54, 1.807) is 0 Å². The van der Waals surface area contributed by atoms with E-state index in [9.17, 15) is 9.59 Å². The number of carbonyl (C=O) groups is 2. The summed E-state index contributed by atoms with van der Waals surface area (Å²) in [6.07, 6.45) is 5.24. The van der Waals surface area contributed by atoms with E-state index >= 15 is 0 Å². The number of nitrogens with one attached hydrogen (secondary N) is 1. The molecule has 4 nitrogen and oxygen atoms in total. The monoisotopic (exact) mass is 300 g/mol. The van der Waals surface area contributed by atoms with Gasteiger partial charge in [0.2, 0.25) is 11.8 Å². The summed E-state index contributed by atoms with van der Waals surface area (Å²) in [5, 5.41) is 2.87. The van der Waals surface area contributed by atoms with Crippen LogP contribution in [0.25, 0.3) is 0 Å². The maximum atomic E-state index is 13.2. The summed E-state index contributed by atoms with van der Waals surface area (Å²) in [4.78, 5) is 27.0. The Morgan fingerprint density at radius 3 is 2.64 bits per heavy atom. The van der Waals surface area contributed by atoms with Crippen LogP contribution >= 0.6 is 0 Å². The predicted octanol–water partition coefficient (Wildman–Crippen LogP) is 2.49. The van der Waals surface area contributed by atoms with E-state index in [-0.39, 0.29) is 11.8 Å². The molecule has 2 amide bonds. The first-order valence-corrected chi connectivity index (χ1v) is 8.30. The molecule has 22 heavy (non-hydrogen) atoms. The average Bonchev–Trinajstić information content (AvgIpc) is 2.53. The number of hydrogen-bond acceptors (Lipinski definition) is 2. The highest BCUT2D eigenvalue weighted by molar-refractivity contribution is 5.90. The van der Waals surface area contributed by atoms with Crippen molar-refractivity contribution in [3.05, 3.63) is 35.9 Å². The number of nitrogens with zero attached hydrogens (tertiary/aromatic N) is 1. The van der Waals surface area contributed by atoms with E-state index in [4.69, 9.17) is 0 Å². The zero-order valence-electron chi connectivity index (χ0n) is 13.0. The van der Waals surface area contributed by atoms with Crippen LogP contribution in [-0.4, -0.2) is 29.8 Å². The van der Waals surface area contributed by atoms with Crippen molar-refractivity contribution in [2.45, 2.75) is 45.1 Å². The van der Waals surface area contributed by atoms with Crippen molar-refractivity contribution in [2.24, 2.45) is 5.41 Å². The highest BCUT2D eigenvalue weighted by atomic mass is 16.2. The van der Waals surface area contributed by atoms with E-state index in [0.29, 0.717) is 19.5 Å². The number of rotatable bonds is 2. The molecular formula is C18H24N2O2. The Kier molecular flexibility index (Phi) is 4.46. The number of piperidine rings is 1. The van der Waals surface area contributed by atoms with Crippen molar-refractivity contribution in [1.82, 2.24) is 10.2 Å². The summed E-state index contributed by atoms with van der Waals surface area (Å²) >= 11 is 0. The molecule has 2 aliphatic heterocycles. The van der Waals surface area contributed by atoms with Crippen molar-refractivity contribution in [3.63, 3.8) is 0 Å². The van der Waals surface area contributed by atoms with Gasteiger partial charge in [0.15, 0.2) is 0 Å². The Balaban J connectivity index is 1.82. The fourth-order valence-electron chi connectivity index (χ4n) is 3.74. The van der Waals surface area contributed by atoms with E-state index in [1.165, 1.54) is 0 Å². The fraction of sp³-hybridized carbons (Fsp3) is 0.556. The quantitative estimate of drug-likeness (QED) is 0.912. The number of likely N-dealkylation sites (tertiary alicyclic amines) is 1. The Morgan fingerprint density at radius 2 is 1.86 bits per heavy atom. The zero-order valence-corrected chi connectivity index (χ0v) is 13.0. The SMILES string of the molecule is O=C1CC2(CCCCCN(Cc3ccccc3)C2=O)CCN1. The second kappa shape index (κ2) is 6.51. The van der Waals surface area contributed by atoms with Crippen LogP contribution < -0.4 is 5.32 Å². The van der Waals surface area contributed by atoms with Gasteiger partial charge in [-0.25, -0.2) is 0 Å².